The van der Waals surface area contributed by atoms with Crippen molar-refractivity contribution in [2.24, 2.45) is 0 Å². The van der Waals surface area contributed by atoms with Crippen LogP contribution in [0, 0.1) is 3.82 Å². The van der Waals surface area contributed by atoms with E-state index in [1.807, 2.05) is 36.4 Å². The molecule has 2 nitrogen and oxygen atoms in total. The van der Waals surface area contributed by atoms with Crippen LogP contribution in [0.5, 0.6) is 0 Å². The van der Waals surface area contributed by atoms with Gasteiger partial charge in [-0.1, -0.05) is 30.4 Å². The van der Waals surface area contributed by atoms with E-state index in [1.165, 1.54) is 11.3 Å². The number of hydrogen-bond acceptors (Lipinski definition) is 4. The van der Waals surface area contributed by atoms with Crippen LogP contribution in [0.1, 0.15) is 0 Å². The second kappa shape index (κ2) is 3.81. The Morgan fingerprint density at radius 2 is 2.00 bits per heavy atom. The molecule has 2 aromatic heterocycles. The third-order valence-electron chi connectivity index (χ3n) is 2.27. The van der Waals surface area contributed by atoms with Crippen LogP contribution in [-0.2, 0) is 0 Å². The summed E-state index contributed by atoms with van der Waals surface area (Å²) in [7, 11) is 0. The van der Waals surface area contributed by atoms with Gasteiger partial charge >= 0.3 is 0 Å². The van der Waals surface area contributed by atoms with E-state index in [9.17, 15) is 0 Å². The summed E-state index contributed by atoms with van der Waals surface area (Å²) in [6.45, 7) is 0. The van der Waals surface area contributed by atoms with Gasteiger partial charge in [0.1, 0.15) is 3.82 Å². The van der Waals surface area contributed by atoms with E-state index in [-0.39, 0.29) is 0 Å². The van der Waals surface area contributed by atoms with E-state index in [2.05, 4.69) is 4.98 Å². The van der Waals surface area contributed by atoms with Crippen molar-refractivity contribution in [3.05, 3.63) is 46.5 Å². The summed E-state index contributed by atoms with van der Waals surface area (Å²) in [5.74, 6) is 0.766. The maximum absolute atomic E-state index is 5.35. The quantitative estimate of drug-likeness (QED) is 0.598. The lowest BCUT2D eigenvalue weighted by Gasteiger charge is -1.99. The van der Waals surface area contributed by atoms with Gasteiger partial charge in [-0.05, 0) is 18.2 Å². The molecule has 3 rings (SSSR count). The molecule has 2 heterocycles. The molecule has 0 fully saturated rings. The van der Waals surface area contributed by atoms with Gasteiger partial charge in [0.25, 0.3) is 0 Å². The highest BCUT2D eigenvalue weighted by atomic mass is 32.1. The number of nitrogens with zero attached hydrogens (tertiary/aromatic N) is 1. The molecule has 0 spiro atoms. The van der Waals surface area contributed by atoms with Crippen LogP contribution in [0.2, 0.25) is 0 Å². The van der Waals surface area contributed by atoms with Crippen LogP contribution in [0.25, 0.3) is 21.7 Å². The van der Waals surface area contributed by atoms with Gasteiger partial charge in [-0.3, -0.25) is 0 Å². The first-order valence-corrected chi connectivity index (χ1v) is 6.01. The lowest BCUT2D eigenvalue weighted by Crippen LogP contribution is -1.81. The summed E-state index contributed by atoms with van der Waals surface area (Å²) in [5, 5.41) is 1.85. The number of benzene rings is 1. The van der Waals surface area contributed by atoms with Crippen molar-refractivity contribution in [1.29, 1.82) is 0 Å². The van der Waals surface area contributed by atoms with E-state index >= 15 is 0 Å². The van der Waals surface area contributed by atoms with Crippen molar-refractivity contribution in [3.63, 3.8) is 0 Å². The first-order chi connectivity index (χ1) is 7.84. The molecule has 0 N–H and O–H groups in total. The fraction of sp³-hybridized carbons (Fsp3) is 0. The minimum atomic E-state index is 0.766. The Kier molecular flexibility index (Phi) is 2.31. The Hall–Kier alpha value is -1.52. The van der Waals surface area contributed by atoms with Crippen LogP contribution in [-0.4, -0.2) is 4.98 Å². The number of hydrogen-bond donors (Lipinski definition) is 0. The van der Waals surface area contributed by atoms with Crippen molar-refractivity contribution in [1.82, 2.24) is 4.98 Å². The van der Waals surface area contributed by atoms with Crippen LogP contribution in [0.3, 0.4) is 0 Å². The zero-order valence-corrected chi connectivity index (χ0v) is 9.85. The van der Waals surface area contributed by atoms with E-state index in [1.54, 1.807) is 6.26 Å². The third-order valence-corrected chi connectivity index (χ3v) is 3.63. The fourth-order valence-electron chi connectivity index (χ4n) is 1.52. The molecule has 78 valence electrons. The Balaban J connectivity index is 2.34. The van der Waals surface area contributed by atoms with Gasteiger partial charge in [-0.25, -0.2) is 4.98 Å². The van der Waals surface area contributed by atoms with E-state index in [4.69, 9.17) is 16.6 Å². The third kappa shape index (κ3) is 1.56. The highest BCUT2D eigenvalue weighted by Gasteiger charge is 2.06. The van der Waals surface area contributed by atoms with Crippen molar-refractivity contribution in [2.75, 3.05) is 0 Å². The smallest absolute Gasteiger partial charge is 0.162 e. The molecule has 4 heteroatoms. The Labute approximate surface area is 101 Å². The molecule has 0 saturated heterocycles. The molecule has 0 aliphatic carbocycles. The first kappa shape index (κ1) is 9.69. The molecular formula is C12H7NOS2. The minimum Gasteiger partial charge on any atom is -0.462 e. The molecule has 1 aromatic carbocycles. The van der Waals surface area contributed by atoms with Gasteiger partial charge in [0.05, 0.1) is 11.8 Å². The van der Waals surface area contributed by atoms with E-state index in [0.29, 0.717) is 0 Å². The predicted molar refractivity (Wildman–Crippen MR) is 68.2 cm³/mol. The van der Waals surface area contributed by atoms with Crippen molar-refractivity contribution in [2.45, 2.75) is 0 Å². The molecule has 0 radical (unpaired) electrons. The fourth-order valence-corrected chi connectivity index (χ4v) is 2.75. The number of aromatic nitrogens is 1. The zero-order valence-electron chi connectivity index (χ0n) is 8.21. The normalized spacial score (nSPS) is 10.8. The summed E-state index contributed by atoms with van der Waals surface area (Å²) in [4.78, 5) is 4.54. The number of fused-ring (bicyclic) bond motifs is 1. The van der Waals surface area contributed by atoms with E-state index in [0.717, 1.165) is 25.5 Å². The highest BCUT2D eigenvalue weighted by molar-refractivity contribution is 7.74. The standard InChI is InChI=1S/C12H7NOS2/c15-12-8-4-1-2-5-9(8)13-11(16-12)10-6-3-7-14-10/h1-7H. The molecule has 0 saturated carbocycles. The SMILES string of the molecule is S=c1sc(-c2ccco2)nc2ccccc12. The molecule has 3 aromatic rings. The summed E-state index contributed by atoms with van der Waals surface area (Å²) in [5.41, 5.74) is 0.914. The Morgan fingerprint density at radius 3 is 2.81 bits per heavy atom. The van der Waals surface area contributed by atoms with Gasteiger partial charge < -0.3 is 4.42 Å². The van der Waals surface area contributed by atoms with Gasteiger partial charge in [0, 0.05) is 5.39 Å². The lowest BCUT2D eigenvalue weighted by molar-refractivity contribution is 0.582. The average molecular weight is 245 g/mol. The van der Waals surface area contributed by atoms with Crippen LogP contribution >= 0.6 is 23.6 Å². The summed E-state index contributed by atoms with van der Waals surface area (Å²) >= 11 is 6.83. The van der Waals surface area contributed by atoms with Gasteiger partial charge in [0.15, 0.2) is 10.8 Å². The van der Waals surface area contributed by atoms with Crippen LogP contribution in [0.15, 0.2) is 47.1 Å². The Bertz CT molecular complexity index is 686. The molecule has 0 bridgehead atoms. The summed E-state index contributed by atoms with van der Waals surface area (Å²) in [6.07, 6.45) is 1.64. The number of furan rings is 1. The molecule has 0 aliphatic heterocycles. The molecule has 0 atom stereocenters. The van der Waals surface area contributed by atoms with E-state index < -0.39 is 0 Å². The highest BCUT2D eigenvalue weighted by Crippen LogP contribution is 2.27. The van der Waals surface area contributed by atoms with Gasteiger partial charge in [-0.15, -0.1) is 11.3 Å². The van der Waals surface area contributed by atoms with Crippen LogP contribution < -0.4 is 0 Å². The molecular weight excluding hydrogens is 238 g/mol. The van der Waals surface area contributed by atoms with Crippen molar-refractivity contribution >= 4 is 34.5 Å². The lowest BCUT2D eigenvalue weighted by atomic mass is 10.3. The molecule has 0 aliphatic rings. The summed E-state index contributed by atoms with van der Waals surface area (Å²) < 4.78 is 6.17. The number of rotatable bonds is 1. The predicted octanol–water partition coefficient (Wildman–Crippen LogP) is 4.29. The molecule has 0 unspecified atom stereocenters. The van der Waals surface area contributed by atoms with Gasteiger partial charge in [0.2, 0.25) is 0 Å². The van der Waals surface area contributed by atoms with Gasteiger partial charge in [-0.2, -0.15) is 0 Å². The zero-order chi connectivity index (χ0) is 11.0. The maximum atomic E-state index is 5.35. The number of para-hydroxylation sites is 1. The van der Waals surface area contributed by atoms with Crippen molar-refractivity contribution in [3.8, 4) is 10.8 Å². The maximum Gasteiger partial charge on any atom is 0.162 e. The second-order valence-electron chi connectivity index (χ2n) is 3.30. The van der Waals surface area contributed by atoms with Crippen molar-refractivity contribution < 1.29 is 4.42 Å². The largest absolute Gasteiger partial charge is 0.462 e. The second-order valence-corrected chi connectivity index (χ2v) is 4.97. The topological polar surface area (TPSA) is 26.0 Å². The summed E-state index contributed by atoms with van der Waals surface area (Å²) in [6, 6.07) is 11.6. The monoisotopic (exact) mass is 245 g/mol. The molecule has 16 heavy (non-hydrogen) atoms. The minimum absolute atomic E-state index is 0.766. The molecule has 0 amide bonds. The van der Waals surface area contributed by atoms with Crippen LogP contribution in [0.4, 0.5) is 0 Å². The Morgan fingerprint density at radius 1 is 1.12 bits per heavy atom. The first-order valence-electron chi connectivity index (χ1n) is 4.78. The average Bonchev–Trinajstić information content (AvgIpc) is 2.82.